The second-order valence-electron chi connectivity index (χ2n) is 6.51. The van der Waals surface area contributed by atoms with Gasteiger partial charge in [0.1, 0.15) is 0 Å². The normalized spacial score (nSPS) is 30.1. The van der Waals surface area contributed by atoms with E-state index in [0.29, 0.717) is 12.5 Å². The van der Waals surface area contributed by atoms with Crippen LogP contribution >= 0.6 is 0 Å². The van der Waals surface area contributed by atoms with Gasteiger partial charge >= 0.3 is 12.0 Å². The van der Waals surface area contributed by atoms with Crippen LogP contribution in [0.25, 0.3) is 0 Å². The van der Waals surface area contributed by atoms with E-state index >= 15 is 0 Å². The molecule has 1 aliphatic carbocycles. The van der Waals surface area contributed by atoms with Gasteiger partial charge in [-0.1, -0.05) is 6.42 Å². The molecule has 1 heterocycles. The number of hydrogen-bond donors (Lipinski definition) is 2. The summed E-state index contributed by atoms with van der Waals surface area (Å²) in [7, 11) is 3.92. The minimum absolute atomic E-state index is 0.00360. The van der Waals surface area contributed by atoms with E-state index in [-0.39, 0.29) is 18.0 Å². The van der Waals surface area contributed by atoms with E-state index in [2.05, 4.69) is 17.3 Å². The zero-order valence-corrected chi connectivity index (χ0v) is 13.0. The molecule has 6 nitrogen and oxygen atoms in total. The van der Waals surface area contributed by atoms with Gasteiger partial charge in [0.15, 0.2) is 0 Å². The summed E-state index contributed by atoms with van der Waals surface area (Å²) in [4.78, 5) is 27.3. The van der Waals surface area contributed by atoms with E-state index in [1.807, 2.05) is 7.05 Å². The second-order valence-corrected chi connectivity index (χ2v) is 6.51. The van der Waals surface area contributed by atoms with E-state index < -0.39 is 5.97 Å². The molecule has 2 amide bonds. The highest BCUT2D eigenvalue weighted by molar-refractivity contribution is 5.74. The zero-order chi connectivity index (χ0) is 15.4. The lowest BCUT2D eigenvalue weighted by Crippen LogP contribution is -2.48. The van der Waals surface area contributed by atoms with E-state index in [1.165, 1.54) is 6.42 Å². The topological polar surface area (TPSA) is 72.9 Å². The zero-order valence-electron chi connectivity index (χ0n) is 13.0. The highest BCUT2D eigenvalue weighted by atomic mass is 16.4. The number of carbonyl (C=O) groups is 2. The summed E-state index contributed by atoms with van der Waals surface area (Å²) < 4.78 is 0. The van der Waals surface area contributed by atoms with Gasteiger partial charge in [0.05, 0.1) is 5.92 Å². The van der Waals surface area contributed by atoms with Crippen LogP contribution in [0.4, 0.5) is 4.79 Å². The van der Waals surface area contributed by atoms with E-state index in [1.54, 1.807) is 4.90 Å². The van der Waals surface area contributed by atoms with Crippen LogP contribution in [0, 0.1) is 5.92 Å². The Morgan fingerprint density at radius 3 is 2.67 bits per heavy atom. The van der Waals surface area contributed by atoms with Gasteiger partial charge in [0, 0.05) is 25.7 Å². The molecule has 3 unspecified atom stereocenters. The van der Waals surface area contributed by atoms with Crippen LogP contribution in [0.5, 0.6) is 0 Å². The molecule has 0 spiro atoms. The Balaban J connectivity index is 1.78. The standard InChI is InChI=1S/C15H27N3O3/c1-17-8-4-7-13(17)10-18(2)15(21)16-12-6-3-5-11(9-12)14(19)20/h11-13H,3-10H2,1-2H3,(H,16,21)(H,19,20). The summed E-state index contributed by atoms with van der Waals surface area (Å²) in [6, 6.07) is 0.362. The number of likely N-dealkylation sites (N-methyl/N-ethyl adjacent to an activating group) is 2. The lowest BCUT2D eigenvalue weighted by molar-refractivity contribution is -0.143. The van der Waals surface area contributed by atoms with Crippen LogP contribution in [0.2, 0.25) is 0 Å². The van der Waals surface area contributed by atoms with Crippen LogP contribution in [0.3, 0.4) is 0 Å². The third-order valence-corrected chi connectivity index (χ3v) is 4.85. The molecule has 3 atom stereocenters. The molecule has 1 saturated carbocycles. The molecule has 21 heavy (non-hydrogen) atoms. The van der Waals surface area contributed by atoms with Crippen LogP contribution in [0.15, 0.2) is 0 Å². The first-order valence-corrected chi connectivity index (χ1v) is 7.92. The number of hydrogen-bond acceptors (Lipinski definition) is 3. The molecule has 120 valence electrons. The van der Waals surface area contributed by atoms with Gasteiger partial charge in [0.25, 0.3) is 0 Å². The lowest BCUT2D eigenvalue weighted by Gasteiger charge is -2.31. The van der Waals surface area contributed by atoms with Crippen molar-refractivity contribution in [2.75, 3.05) is 27.2 Å². The molecule has 0 radical (unpaired) electrons. The van der Waals surface area contributed by atoms with E-state index in [9.17, 15) is 9.59 Å². The number of carboxylic acid groups (broad SMARTS) is 1. The molecule has 2 N–H and O–H groups in total. The first-order chi connectivity index (χ1) is 9.97. The fourth-order valence-corrected chi connectivity index (χ4v) is 3.44. The largest absolute Gasteiger partial charge is 0.481 e. The summed E-state index contributed by atoms with van der Waals surface area (Å²) in [5.41, 5.74) is 0. The highest BCUT2D eigenvalue weighted by Gasteiger charge is 2.29. The molecule has 1 aliphatic heterocycles. The quantitative estimate of drug-likeness (QED) is 0.822. The Morgan fingerprint density at radius 2 is 2.05 bits per heavy atom. The summed E-state index contributed by atoms with van der Waals surface area (Å²) in [6.07, 6.45) is 5.37. The van der Waals surface area contributed by atoms with Gasteiger partial charge in [-0.25, -0.2) is 4.79 Å². The molecule has 2 rings (SSSR count). The average Bonchev–Trinajstić information content (AvgIpc) is 2.84. The van der Waals surface area contributed by atoms with Crippen molar-refractivity contribution in [3.8, 4) is 0 Å². The Morgan fingerprint density at radius 1 is 1.29 bits per heavy atom. The van der Waals surface area contributed by atoms with Crippen LogP contribution in [-0.2, 0) is 4.79 Å². The van der Waals surface area contributed by atoms with Crippen molar-refractivity contribution in [2.24, 2.45) is 5.92 Å². The minimum Gasteiger partial charge on any atom is -0.481 e. The van der Waals surface area contributed by atoms with Gasteiger partial charge in [-0.3, -0.25) is 4.79 Å². The van der Waals surface area contributed by atoms with Crippen LogP contribution < -0.4 is 5.32 Å². The Hall–Kier alpha value is -1.30. The molecule has 1 saturated heterocycles. The average molecular weight is 297 g/mol. The number of rotatable bonds is 4. The van der Waals surface area contributed by atoms with Crippen molar-refractivity contribution in [2.45, 2.75) is 50.6 Å². The van der Waals surface area contributed by atoms with Crippen LogP contribution in [0.1, 0.15) is 38.5 Å². The summed E-state index contributed by atoms with van der Waals surface area (Å²) >= 11 is 0. The molecule has 0 aromatic heterocycles. The number of nitrogens with one attached hydrogen (secondary N) is 1. The third kappa shape index (κ3) is 4.33. The number of carbonyl (C=O) groups excluding carboxylic acids is 1. The maximum Gasteiger partial charge on any atom is 0.317 e. The Labute approximate surface area is 126 Å². The molecule has 0 aromatic rings. The SMILES string of the molecule is CN(CC1CCCN1C)C(=O)NC1CCCC(C(=O)O)C1. The third-order valence-electron chi connectivity index (χ3n) is 4.85. The van der Waals surface area contributed by atoms with Crippen molar-refractivity contribution < 1.29 is 14.7 Å². The fourth-order valence-electron chi connectivity index (χ4n) is 3.44. The molecule has 2 fully saturated rings. The predicted molar refractivity (Wildman–Crippen MR) is 80.2 cm³/mol. The van der Waals surface area contributed by atoms with Gasteiger partial charge in [0.2, 0.25) is 0 Å². The highest BCUT2D eigenvalue weighted by Crippen LogP contribution is 2.24. The Bertz CT molecular complexity index is 388. The number of urea groups is 1. The molecule has 0 aromatic carbocycles. The van der Waals surface area contributed by atoms with Gasteiger partial charge < -0.3 is 20.2 Å². The number of likely N-dealkylation sites (tertiary alicyclic amines) is 1. The predicted octanol–water partition coefficient (Wildman–Crippen LogP) is 1.37. The minimum atomic E-state index is -0.741. The monoisotopic (exact) mass is 297 g/mol. The summed E-state index contributed by atoms with van der Waals surface area (Å²) in [5, 5.41) is 12.1. The summed E-state index contributed by atoms with van der Waals surface area (Å²) in [5.74, 6) is -1.05. The lowest BCUT2D eigenvalue weighted by atomic mass is 9.86. The second kappa shape index (κ2) is 7.11. The van der Waals surface area contributed by atoms with Crippen molar-refractivity contribution in [1.29, 1.82) is 0 Å². The smallest absolute Gasteiger partial charge is 0.317 e. The number of amides is 2. The van der Waals surface area contributed by atoms with E-state index in [0.717, 1.165) is 38.8 Å². The summed E-state index contributed by atoms with van der Waals surface area (Å²) in [6.45, 7) is 1.83. The molecular formula is C15H27N3O3. The maximum absolute atomic E-state index is 12.2. The van der Waals surface area contributed by atoms with Crippen molar-refractivity contribution in [3.63, 3.8) is 0 Å². The maximum atomic E-state index is 12.2. The number of aliphatic carboxylic acids is 1. The number of carboxylic acids is 1. The Kier molecular flexibility index (Phi) is 5.45. The van der Waals surface area contributed by atoms with Crippen molar-refractivity contribution >= 4 is 12.0 Å². The van der Waals surface area contributed by atoms with Gasteiger partial charge in [-0.15, -0.1) is 0 Å². The number of nitrogens with zero attached hydrogens (tertiary/aromatic N) is 2. The van der Waals surface area contributed by atoms with E-state index in [4.69, 9.17) is 5.11 Å². The first-order valence-electron chi connectivity index (χ1n) is 7.92. The molecule has 2 aliphatic rings. The van der Waals surface area contributed by atoms with Crippen LogP contribution in [-0.4, -0.2) is 66.2 Å². The van der Waals surface area contributed by atoms with Gasteiger partial charge in [-0.05, 0) is 45.7 Å². The molecule has 0 bridgehead atoms. The first kappa shape index (κ1) is 16.1. The van der Waals surface area contributed by atoms with Crippen molar-refractivity contribution in [1.82, 2.24) is 15.1 Å². The van der Waals surface area contributed by atoms with Gasteiger partial charge in [-0.2, -0.15) is 0 Å². The van der Waals surface area contributed by atoms with Crippen molar-refractivity contribution in [3.05, 3.63) is 0 Å². The molecule has 6 heteroatoms. The fraction of sp³-hybridized carbons (Fsp3) is 0.867. The molecular weight excluding hydrogens is 270 g/mol.